The average molecular weight is 385 g/mol. The molecular weight excluding hydrogens is 365 g/mol. The van der Waals surface area contributed by atoms with Crippen LogP contribution in [0.15, 0.2) is 23.1 Å². The van der Waals surface area contributed by atoms with E-state index in [0.29, 0.717) is 0 Å². The zero-order valence-electron chi connectivity index (χ0n) is 14.0. The first-order valence-corrected chi connectivity index (χ1v) is 9.77. The molecule has 1 aliphatic heterocycles. The summed E-state index contributed by atoms with van der Waals surface area (Å²) in [6.45, 7) is 0.661. The smallest absolute Gasteiger partial charge is 0.254 e. The van der Waals surface area contributed by atoms with Gasteiger partial charge in [-0.3, -0.25) is 9.59 Å². The van der Waals surface area contributed by atoms with Crippen molar-refractivity contribution in [2.24, 2.45) is 0 Å². The molecule has 2 aliphatic rings. The van der Waals surface area contributed by atoms with Gasteiger partial charge in [0.2, 0.25) is 15.9 Å². The normalized spacial score (nSPS) is 18.3. The van der Waals surface area contributed by atoms with Crippen LogP contribution in [0.3, 0.4) is 0 Å². The highest BCUT2D eigenvalue weighted by molar-refractivity contribution is 7.89. The number of carbonyl (C=O) groups is 2. The number of morpholine rings is 1. The number of hydrogen-bond donors (Lipinski definition) is 2. The average Bonchev–Trinajstić information content (AvgIpc) is 3.44. The molecule has 1 aliphatic carbocycles. The number of nitrogens with zero attached hydrogens (tertiary/aromatic N) is 1. The molecule has 1 heterocycles. The number of nitrogens with one attached hydrogen (secondary N) is 2. The number of rotatable bonds is 6. The fourth-order valence-electron chi connectivity index (χ4n) is 2.54. The Labute approximate surface area is 150 Å². The third kappa shape index (κ3) is 4.37. The van der Waals surface area contributed by atoms with Gasteiger partial charge in [-0.25, -0.2) is 12.8 Å². The van der Waals surface area contributed by atoms with Crippen LogP contribution in [-0.2, 0) is 19.6 Å². The van der Waals surface area contributed by atoms with Crippen LogP contribution in [0.25, 0.3) is 0 Å². The highest BCUT2D eigenvalue weighted by Gasteiger charge is 2.28. The second-order valence-electron chi connectivity index (χ2n) is 6.18. The zero-order valence-corrected chi connectivity index (χ0v) is 14.9. The van der Waals surface area contributed by atoms with Crippen molar-refractivity contribution in [2.75, 3.05) is 32.8 Å². The van der Waals surface area contributed by atoms with E-state index < -0.39 is 27.3 Å². The van der Waals surface area contributed by atoms with Crippen LogP contribution in [0.2, 0.25) is 0 Å². The van der Waals surface area contributed by atoms with E-state index in [-0.39, 0.29) is 49.7 Å². The summed E-state index contributed by atoms with van der Waals surface area (Å²) >= 11 is 0. The van der Waals surface area contributed by atoms with Crippen LogP contribution in [0, 0.1) is 5.82 Å². The summed E-state index contributed by atoms with van der Waals surface area (Å²) in [5.41, 5.74) is -0.418. The summed E-state index contributed by atoms with van der Waals surface area (Å²) < 4.78 is 45.6. The SMILES string of the molecule is O=C(CNC(=O)c1cc(S(=O)(=O)N2CCOCC2)ccc1F)NC1CC1. The Balaban J connectivity index is 1.71. The van der Waals surface area contributed by atoms with E-state index in [0.717, 1.165) is 31.0 Å². The molecular formula is C16H20FN3O5S. The van der Waals surface area contributed by atoms with Gasteiger partial charge >= 0.3 is 0 Å². The molecule has 0 atom stereocenters. The molecule has 1 saturated heterocycles. The lowest BCUT2D eigenvalue weighted by Gasteiger charge is -2.26. The van der Waals surface area contributed by atoms with E-state index in [1.54, 1.807) is 0 Å². The molecule has 10 heteroatoms. The summed E-state index contributed by atoms with van der Waals surface area (Å²) in [5.74, 6) is -2.06. The molecule has 3 rings (SSSR count). The molecule has 2 fully saturated rings. The molecule has 26 heavy (non-hydrogen) atoms. The third-order valence-electron chi connectivity index (χ3n) is 4.14. The van der Waals surface area contributed by atoms with Gasteiger partial charge in [0.15, 0.2) is 0 Å². The molecule has 0 aromatic heterocycles. The molecule has 0 radical (unpaired) electrons. The van der Waals surface area contributed by atoms with Crippen LogP contribution in [0.5, 0.6) is 0 Å². The number of benzene rings is 1. The van der Waals surface area contributed by atoms with E-state index in [1.165, 1.54) is 4.31 Å². The van der Waals surface area contributed by atoms with Crippen LogP contribution < -0.4 is 10.6 Å². The van der Waals surface area contributed by atoms with Crippen molar-refractivity contribution >= 4 is 21.8 Å². The lowest BCUT2D eigenvalue weighted by Crippen LogP contribution is -2.41. The summed E-state index contributed by atoms with van der Waals surface area (Å²) in [5, 5.41) is 5.00. The lowest BCUT2D eigenvalue weighted by atomic mass is 10.2. The van der Waals surface area contributed by atoms with Crippen molar-refractivity contribution in [3.63, 3.8) is 0 Å². The minimum atomic E-state index is -3.85. The van der Waals surface area contributed by atoms with E-state index in [4.69, 9.17) is 4.74 Å². The van der Waals surface area contributed by atoms with Crippen molar-refractivity contribution in [2.45, 2.75) is 23.8 Å². The number of carbonyl (C=O) groups excluding carboxylic acids is 2. The number of sulfonamides is 1. The number of ether oxygens (including phenoxy) is 1. The predicted molar refractivity (Wildman–Crippen MR) is 89.5 cm³/mol. The molecule has 1 aromatic carbocycles. The van der Waals surface area contributed by atoms with Gasteiger partial charge in [0.05, 0.1) is 30.2 Å². The van der Waals surface area contributed by atoms with Crippen LogP contribution in [-0.4, -0.2) is 63.4 Å². The summed E-state index contributed by atoms with van der Waals surface area (Å²) in [7, 11) is -3.85. The topological polar surface area (TPSA) is 105 Å². The summed E-state index contributed by atoms with van der Waals surface area (Å²) in [6.07, 6.45) is 1.82. The van der Waals surface area contributed by atoms with Crippen LogP contribution >= 0.6 is 0 Å². The van der Waals surface area contributed by atoms with Gasteiger partial charge in [-0.15, -0.1) is 0 Å². The molecule has 142 valence electrons. The molecule has 1 aromatic rings. The number of halogens is 1. The Morgan fingerprint density at radius 3 is 2.58 bits per heavy atom. The molecule has 2 N–H and O–H groups in total. The molecule has 0 spiro atoms. The number of amides is 2. The Hall–Kier alpha value is -2.04. The van der Waals surface area contributed by atoms with Crippen molar-refractivity contribution in [1.29, 1.82) is 0 Å². The molecule has 0 unspecified atom stereocenters. The summed E-state index contributed by atoms with van der Waals surface area (Å²) in [6, 6.07) is 3.20. The first kappa shape index (κ1) is 18.7. The second kappa shape index (κ2) is 7.68. The van der Waals surface area contributed by atoms with Crippen LogP contribution in [0.4, 0.5) is 4.39 Å². The monoisotopic (exact) mass is 385 g/mol. The maximum Gasteiger partial charge on any atom is 0.254 e. The Morgan fingerprint density at radius 2 is 1.92 bits per heavy atom. The lowest BCUT2D eigenvalue weighted by molar-refractivity contribution is -0.120. The first-order chi connectivity index (χ1) is 12.4. The van der Waals surface area contributed by atoms with E-state index >= 15 is 0 Å². The zero-order chi connectivity index (χ0) is 18.7. The maximum atomic E-state index is 14.0. The highest BCUT2D eigenvalue weighted by atomic mass is 32.2. The van der Waals surface area contributed by atoms with Gasteiger partial charge in [-0.2, -0.15) is 4.31 Å². The molecule has 8 nitrogen and oxygen atoms in total. The van der Waals surface area contributed by atoms with Gasteiger partial charge in [-0.1, -0.05) is 0 Å². The fourth-order valence-corrected chi connectivity index (χ4v) is 3.97. The highest BCUT2D eigenvalue weighted by Crippen LogP contribution is 2.20. The van der Waals surface area contributed by atoms with Gasteiger partial charge < -0.3 is 15.4 Å². The molecule has 2 amide bonds. The van der Waals surface area contributed by atoms with Crippen molar-refractivity contribution in [1.82, 2.24) is 14.9 Å². The van der Waals surface area contributed by atoms with Crippen LogP contribution in [0.1, 0.15) is 23.2 Å². The Kier molecular flexibility index (Phi) is 5.54. The summed E-state index contributed by atoms with van der Waals surface area (Å²) in [4.78, 5) is 23.6. The molecule has 0 bridgehead atoms. The van der Waals surface area contributed by atoms with Gasteiger partial charge in [0.1, 0.15) is 5.82 Å². The Bertz CT molecular complexity index is 804. The third-order valence-corrected chi connectivity index (χ3v) is 6.04. The largest absolute Gasteiger partial charge is 0.379 e. The van der Waals surface area contributed by atoms with Gasteiger partial charge in [0.25, 0.3) is 5.91 Å². The van der Waals surface area contributed by atoms with E-state index in [9.17, 15) is 22.4 Å². The maximum absolute atomic E-state index is 14.0. The Morgan fingerprint density at radius 1 is 1.23 bits per heavy atom. The standard InChI is InChI=1S/C16H20FN3O5S/c17-14-4-3-12(26(23,24)20-5-7-25-8-6-20)9-13(14)16(22)18-10-15(21)19-11-1-2-11/h3-4,9,11H,1-2,5-8,10H2,(H,18,22)(H,19,21). The second-order valence-corrected chi connectivity index (χ2v) is 8.12. The van der Waals surface area contributed by atoms with E-state index in [2.05, 4.69) is 10.6 Å². The number of hydrogen-bond acceptors (Lipinski definition) is 5. The minimum absolute atomic E-state index is 0.151. The van der Waals surface area contributed by atoms with Gasteiger partial charge in [-0.05, 0) is 31.0 Å². The van der Waals surface area contributed by atoms with Gasteiger partial charge in [0, 0.05) is 19.1 Å². The van der Waals surface area contributed by atoms with Crippen molar-refractivity contribution in [3.8, 4) is 0 Å². The minimum Gasteiger partial charge on any atom is -0.379 e. The predicted octanol–water partition coefficient (Wildman–Crippen LogP) is -0.145. The van der Waals surface area contributed by atoms with E-state index in [1.807, 2.05) is 0 Å². The molecule has 1 saturated carbocycles. The first-order valence-electron chi connectivity index (χ1n) is 8.33. The van der Waals surface area contributed by atoms with Crippen molar-refractivity contribution < 1.29 is 27.1 Å². The fraction of sp³-hybridized carbons (Fsp3) is 0.500. The van der Waals surface area contributed by atoms with Crippen molar-refractivity contribution in [3.05, 3.63) is 29.6 Å². The quantitative estimate of drug-likeness (QED) is 0.709.